The largest absolute Gasteiger partial charge is 0.355 e. The molecular weight excluding hydrogens is 200 g/mol. The molecule has 0 spiro atoms. The van der Waals surface area contributed by atoms with Gasteiger partial charge in [0.15, 0.2) is 0 Å². The molecule has 0 heterocycles. The fraction of sp³-hybridized carbons (Fsp3) is 0.923. The summed E-state index contributed by atoms with van der Waals surface area (Å²) in [5, 5.41) is 3.06. The first-order valence-electron chi connectivity index (χ1n) is 6.17. The highest BCUT2D eigenvalue weighted by Crippen LogP contribution is 2.37. The van der Waals surface area contributed by atoms with Gasteiger partial charge in [-0.15, -0.1) is 0 Å². The molecule has 1 rings (SSSR count). The molecule has 1 amide bonds. The van der Waals surface area contributed by atoms with Crippen LogP contribution in [0.5, 0.6) is 0 Å². The van der Waals surface area contributed by atoms with Gasteiger partial charge >= 0.3 is 0 Å². The maximum atomic E-state index is 11.8. The number of rotatable bonds is 3. The quantitative estimate of drug-likeness (QED) is 0.772. The SMILES string of the molecule is CC(C)(C)C(C)(C)CNC(=O)C1CC(N)C1. The Bertz CT molecular complexity index is 260. The van der Waals surface area contributed by atoms with E-state index >= 15 is 0 Å². The zero-order valence-electron chi connectivity index (χ0n) is 11.3. The highest BCUT2D eigenvalue weighted by molar-refractivity contribution is 5.79. The van der Waals surface area contributed by atoms with Gasteiger partial charge in [-0.3, -0.25) is 4.79 Å². The Morgan fingerprint density at radius 3 is 2.12 bits per heavy atom. The summed E-state index contributed by atoms with van der Waals surface area (Å²) in [5.74, 6) is 0.338. The molecule has 0 bridgehead atoms. The lowest BCUT2D eigenvalue weighted by Crippen LogP contribution is -2.48. The predicted octanol–water partition coefficient (Wildman–Crippen LogP) is 1.91. The maximum absolute atomic E-state index is 11.8. The third-order valence-electron chi connectivity index (χ3n) is 4.28. The van der Waals surface area contributed by atoms with Crippen LogP contribution in [0.4, 0.5) is 0 Å². The first-order valence-corrected chi connectivity index (χ1v) is 6.17. The number of amides is 1. The van der Waals surface area contributed by atoms with E-state index in [-0.39, 0.29) is 28.7 Å². The van der Waals surface area contributed by atoms with E-state index in [0.717, 1.165) is 19.4 Å². The first kappa shape index (κ1) is 13.5. The monoisotopic (exact) mass is 226 g/mol. The molecule has 0 saturated heterocycles. The Hall–Kier alpha value is -0.570. The van der Waals surface area contributed by atoms with E-state index in [9.17, 15) is 4.79 Å². The van der Waals surface area contributed by atoms with Crippen LogP contribution in [0, 0.1) is 16.7 Å². The van der Waals surface area contributed by atoms with Crippen molar-refractivity contribution in [2.45, 2.75) is 53.5 Å². The van der Waals surface area contributed by atoms with Crippen molar-refractivity contribution in [3.8, 4) is 0 Å². The highest BCUT2D eigenvalue weighted by atomic mass is 16.1. The van der Waals surface area contributed by atoms with Gasteiger partial charge in [0.2, 0.25) is 5.91 Å². The highest BCUT2D eigenvalue weighted by Gasteiger charge is 2.36. The van der Waals surface area contributed by atoms with Crippen molar-refractivity contribution in [3.63, 3.8) is 0 Å². The Kier molecular flexibility index (Phi) is 3.68. The van der Waals surface area contributed by atoms with Gasteiger partial charge in [0.1, 0.15) is 0 Å². The molecule has 0 unspecified atom stereocenters. The van der Waals surface area contributed by atoms with E-state index in [1.807, 2.05) is 0 Å². The van der Waals surface area contributed by atoms with Crippen LogP contribution in [0.15, 0.2) is 0 Å². The number of carbonyl (C=O) groups is 1. The fourth-order valence-electron chi connectivity index (χ4n) is 1.59. The molecule has 0 atom stereocenters. The second kappa shape index (κ2) is 4.36. The van der Waals surface area contributed by atoms with Crippen molar-refractivity contribution in [1.29, 1.82) is 0 Å². The van der Waals surface area contributed by atoms with E-state index in [1.54, 1.807) is 0 Å². The molecule has 3 heteroatoms. The van der Waals surface area contributed by atoms with Crippen molar-refractivity contribution in [1.82, 2.24) is 5.32 Å². The molecule has 3 N–H and O–H groups in total. The van der Waals surface area contributed by atoms with Crippen molar-refractivity contribution < 1.29 is 4.79 Å². The molecule has 3 nitrogen and oxygen atoms in total. The zero-order chi connectivity index (χ0) is 12.6. The van der Waals surface area contributed by atoms with Gasteiger partial charge < -0.3 is 11.1 Å². The molecular formula is C13H26N2O. The minimum absolute atomic E-state index is 0.106. The molecule has 1 saturated carbocycles. The Balaban J connectivity index is 2.37. The summed E-state index contributed by atoms with van der Waals surface area (Å²) < 4.78 is 0. The predicted molar refractivity (Wildman–Crippen MR) is 66.9 cm³/mol. The van der Waals surface area contributed by atoms with E-state index in [4.69, 9.17) is 5.73 Å². The number of hydrogen-bond donors (Lipinski definition) is 2. The summed E-state index contributed by atoms with van der Waals surface area (Å²) in [5.41, 5.74) is 5.97. The van der Waals surface area contributed by atoms with E-state index in [1.165, 1.54) is 0 Å². The maximum Gasteiger partial charge on any atom is 0.223 e. The average molecular weight is 226 g/mol. The topological polar surface area (TPSA) is 55.1 Å². The van der Waals surface area contributed by atoms with Gasteiger partial charge in [0, 0.05) is 18.5 Å². The molecule has 0 aromatic rings. The number of nitrogens with one attached hydrogen (secondary N) is 1. The van der Waals surface area contributed by atoms with E-state index in [0.29, 0.717) is 0 Å². The molecule has 1 aliphatic rings. The lowest BCUT2D eigenvalue weighted by Gasteiger charge is -2.40. The summed E-state index contributed by atoms with van der Waals surface area (Å²) in [6.07, 6.45) is 1.70. The number of hydrogen-bond acceptors (Lipinski definition) is 2. The average Bonchev–Trinajstić information content (AvgIpc) is 2.07. The van der Waals surface area contributed by atoms with Crippen molar-refractivity contribution in [3.05, 3.63) is 0 Å². The van der Waals surface area contributed by atoms with E-state index < -0.39 is 0 Å². The van der Waals surface area contributed by atoms with Crippen molar-refractivity contribution in [2.75, 3.05) is 6.54 Å². The van der Waals surface area contributed by atoms with Gasteiger partial charge in [-0.25, -0.2) is 0 Å². The van der Waals surface area contributed by atoms with Crippen LogP contribution in [-0.4, -0.2) is 18.5 Å². The zero-order valence-corrected chi connectivity index (χ0v) is 11.3. The van der Waals surface area contributed by atoms with E-state index in [2.05, 4.69) is 39.9 Å². The first-order chi connectivity index (χ1) is 7.13. The third kappa shape index (κ3) is 2.97. The standard InChI is InChI=1S/C13H26N2O/c1-12(2,3)13(4,5)8-15-11(16)9-6-10(14)7-9/h9-10H,6-8,14H2,1-5H3,(H,15,16). The summed E-state index contributed by atoms with van der Waals surface area (Å²) in [6.45, 7) is 11.7. The van der Waals surface area contributed by atoms with Crippen molar-refractivity contribution in [2.24, 2.45) is 22.5 Å². The molecule has 94 valence electrons. The summed E-state index contributed by atoms with van der Waals surface area (Å²) in [4.78, 5) is 11.8. The van der Waals surface area contributed by atoms with Crippen LogP contribution in [-0.2, 0) is 4.79 Å². The normalized spacial score (nSPS) is 26.1. The molecule has 1 aliphatic carbocycles. The third-order valence-corrected chi connectivity index (χ3v) is 4.28. The Morgan fingerprint density at radius 2 is 1.75 bits per heavy atom. The van der Waals surface area contributed by atoms with Gasteiger partial charge in [-0.1, -0.05) is 34.6 Å². The molecule has 0 radical (unpaired) electrons. The van der Waals surface area contributed by atoms with Crippen LogP contribution in [0.25, 0.3) is 0 Å². The smallest absolute Gasteiger partial charge is 0.223 e. The Morgan fingerprint density at radius 1 is 1.25 bits per heavy atom. The molecule has 0 aromatic heterocycles. The van der Waals surface area contributed by atoms with Crippen LogP contribution >= 0.6 is 0 Å². The lowest BCUT2D eigenvalue weighted by molar-refractivity contribution is -0.128. The molecule has 0 aromatic carbocycles. The summed E-state index contributed by atoms with van der Waals surface area (Å²) >= 11 is 0. The van der Waals surface area contributed by atoms with Crippen molar-refractivity contribution >= 4 is 5.91 Å². The second-order valence-electron chi connectivity index (χ2n) is 6.78. The lowest BCUT2D eigenvalue weighted by atomic mass is 9.69. The number of nitrogens with two attached hydrogens (primary N) is 1. The number of carbonyl (C=O) groups excluding carboxylic acids is 1. The van der Waals surface area contributed by atoms with Gasteiger partial charge in [0.05, 0.1) is 0 Å². The second-order valence-corrected chi connectivity index (χ2v) is 6.78. The fourth-order valence-corrected chi connectivity index (χ4v) is 1.59. The van der Waals surface area contributed by atoms with Gasteiger partial charge in [0.25, 0.3) is 0 Å². The van der Waals surface area contributed by atoms with Gasteiger partial charge in [-0.2, -0.15) is 0 Å². The molecule has 16 heavy (non-hydrogen) atoms. The summed E-state index contributed by atoms with van der Waals surface area (Å²) in [7, 11) is 0. The molecule has 1 fully saturated rings. The molecule has 0 aliphatic heterocycles. The summed E-state index contributed by atoms with van der Waals surface area (Å²) in [6, 6.07) is 0.242. The van der Waals surface area contributed by atoms with Crippen LogP contribution < -0.4 is 11.1 Å². The van der Waals surface area contributed by atoms with Crippen LogP contribution in [0.3, 0.4) is 0 Å². The minimum atomic E-state index is 0.106. The Labute approximate surface area is 99.2 Å². The van der Waals surface area contributed by atoms with Gasteiger partial charge in [-0.05, 0) is 23.7 Å². The van der Waals surface area contributed by atoms with Crippen LogP contribution in [0.2, 0.25) is 0 Å². The minimum Gasteiger partial charge on any atom is -0.355 e. The van der Waals surface area contributed by atoms with Crippen LogP contribution in [0.1, 0.15) is 47.5 Å².